The standard InChI is InChI=1S/C17H15FN2O4/c1-2-13(20(23)17(19)22)10-14-7-8-16(24-14)15(21)9-11-3-5-12(18)6-4-11/h1,3-8,13,23H,9-10H2,(H2,19,22). The van der Waals surface area contributed by atoms with Crippen LogP contribution in [0.2, 0.25) is 0 Å². The van der Waals surface area contributed by atoms with E-state index in [-0.39, 0.29) is 35.3 Å². The van der Waals surface area contributed by atoms with Gasteiger partial charge in [-0.25, -0.2) is 9.18 Å². The second-order valence-electron chi connectivity index (χ2n) is 5.06. The van der Waals surface area contributed by atoms with Crippen molar-refractivity contribution in [3.8, 4) is 12.3 Å². The lowest BCUT2D eigenvalue weighted by molar-refractivity contribution is -0.0591. The van der Waals surface area contributed by atoms with Crippen LogP contribution in [0.25, 0.3) is 0 Å². The molecule has 0 aliphatic carbocycles. The van der Waals surface area contributed by atoms with Gasteiger partial charge in [-0.15, -0.1) is 6.42 Å². The minimum Gasteiger partial charge on any atom is -0.458 e. The maximum Gasteiger partial charge on any atom is 0.339 e. The molecular weight excluding hydrogens is 315 g/mol. The Labute approximate surface area is 137 Å². The normalized spacial score (nSPS) is 11.5. The maximum atomic E-state index is 12.9. The van der Waals surface area contributed by atoms with Crippen molar-refractivity contribution < 1.29 is 23.6 Å². The number of urea groups is 1. The highest BCUT2D eigenvalue weighted by atomic mass is 19.1. The monoisotopic (exact) mass is 330 g/mol. The number of carbonyl (C=O) groups excluding carboxylic acids is 2. The highest BCUT2D eigenvalue weighted by Crippen LogP contribution is 2.15. The number of amides is 2. The third-order valence-electron chi connectivity index (χ3n) is 3.32. The fourth-order valence-electron chi connectivity index (χ4n) is 2.07. The average Bonchev–Trinajstić information content (AvgIpc) is 3.02. The molecule has 2 amide bonds. The number of Topliss-reactive ketones (excluding diaryl/α,β-unsaturated/α-hetero) is 1. The first-order valence-corrected chi connectivity index (χ1v) is 7.00. The molecule has 0 aliphatic heterocycles. The van der Waals surface area contributed by atoms with Crippen molar-refractivity contribution in [3.05, 3.63) is 59.3 Å². The van der Waals surface area contributed by atoms with E-state index in [1.165, 1.54) is 36.4 Å². The molecule has 1 unspecified atom stereocenters. The molecular formula is C17H15FN2O4. The van der Waals surface area contributed by atoms with Gasteiger partial charge < -0.3 is 10.2 Å². The van der Waals surface area contributed by atoms with E-state index in [2.05, 4.69) is 5.92 Å². The van der Waals surface area contributed by atoms with E-state index in [9.17, 15) is 19.2 Å². The summed E-state index contributed by atoms with van der Waals surface area (Å²) in [5, 5.41) is 9.68. The molecule has 2 aromatic rings. The van der Waals surface area contributed by atoms with Gasteiger partial charge in [-0.05, 0) is 29.8 Å². The van der Waals surface area contributed by atoms with Gasteiger partial charge >= 0.3 is 6.03 Å². The summed E-state index contributed by atoms with van der Waals surface area (Å²) in [7, 11) is 0. The van der Waals surface area contributed by atoms with E-state index < -0.39 is 12.1 Å². The van der Waals surface area contributed by atoms with Crippen molar-refractivity contribution in [2.75, 3.05) is 0 Å². The summed E-state index contributed by atoms with van der Waals surface area (Å²) >= 11 is 0. The van der Waals surface area contributed by atoms with Gasteiger partial charge in [0, 0.05) is 12.8 Å². The van der Waals surface area contributed by atoms with Crippen molar-refractivity contribution in [1.82, 2.24) is 5.06 Å². The molecule has 7 heteroatoms. The summed E-state index contributed by atoms with van der Waals surface area (Å²) in [4.78, 5) is 23.1. The first-order chi connectivity index (χ1) is 11.4. The van der Waals surface area contributed by atoms with E-state index in [4.69, 9.17) is 16.6 Å². The van der Waals surface area contributed by atoms with Gasteiger partial charge in [0.1, 0.15) is 17.6 Å². The number of benzene rings is 1. The Hall–Kier alpha value is -3.11. The molecule has 1 aromatic carbocycles. The largest absolute Gasteiger partial charge is 0.458 e. The van der Waals surface area contributed by atoms with Gasteiger partial charge in [0.2, 0.25) is 5.78 Å². The summed E-state index contributed by atoms with van der Waals surface area (Å²) in [5.74, 6) is 1.96. The number of halogens is 1. The van der Waals surface area contributed by atoms with Gasteiger partial charge in [-0.2, -0.15) is 5.06 Å². The smallest absolute Gasteiger partial charge is 0.339 e. The molecule has 0 saturated carbocycles. The molecule has 0 fully saturated rings. The fraction of sp³-hybridized carbons (Fsp3) is 0.176. The number of hydroxylamine groups is 2. The Morgan fingerprint density at radius 1 is 1.29 bits per heavy atom. The zero-order valence-corrected chi connectivity index (χ0v) is 12.6. The Balaban J connectivity index is 2.04. The van der Waals surface area contributed by atoms with Crippen LogP contribution >= 0.6 is 0 Å². The number of rotatable bonds is 6. The Kier molecular flexibility index (Phi) is 5.35. The number of terminal acetylenes is 1. The minimum absolute atomic E-state index is 0.000230. The van der Waals surface area contributed by atoms with E-state index in [1.807, 2.05) is 0 Å². The van der Waals surface area contributed by atoms with Gasteiger partial charge in [-0.1, -0.05) is 18.1 Å². The number of hydrogen-bond donors (Lipinski definition) is 2. The number of carbonyl (C=O) groups is 2. The van der Waals surface area contributed by atoms with Gasteiger partial charge in [0.25, 0.3) is 0 Å². The number of primary amides is 1. The highest BCUT2D eigenvalue weighted by molar-refractivity contribution is 5.95. The molecule has 1 heterocycles. The lowest BCUT2D eigenvalue weighted by atomic mass is 10.1. The third kappa shape index (κ3) is 4.21. The molecule has 0 spiro atoms. The second-order valence-corrected chi connectivity index (χ2v) is 5.06. The van der Waals surface area contributed by atoms with Crippen LogP contribution in [0.3, 0.4) is 0 Å². The lowest BCUT2D eigenvalue weighted by Gasteiger charge is -2.18. The molecule has 24 heavy (non-hydrogen) atoms. The molecule has 124 valence electrons. The van der Waals surface area contributed by atoms with Crippen molar-refractivity contribution in [3.63, 3.8) is 0 Å². The summed E-state index contributed by atoms with van der Waals surface area (Å²) in [5.41, 5.74) is 5.60. The topological polar surface area (TPSA) is 96.8 Å². The van der Waals surface area contributed by atoms with Crippen LogP contribution < -0.4 is 5.73 Å². The molecule has 0 radical (unpaired) electrons. The van der Waals surface area contributed by atoms with Crippen LogP contribution in [0.5, 0.6) is 0 Å². The molecule has 0 bridgehead atoms. The van der Waals surface area contributed by atoms with Crippen molar-refractivity contribution >= 4 is 11.8 Å². The molecule has 1 atom stereocenters. The third-order valence-corrected chi connectivity index (χ3v) is 3.32. The zero-order chi connectivity index (χ0) is 17.7. The summed E-state index contributed by atoms with van der Waals surface area (Å²) in [6.07, 6.45) is 5.30. The fourth-order valence-corrected chi connectivity index (χ4v) is 2.07. The quantitative estimate of drug-likeness (QED) is 0.367. The number of nitrogens with zero attached hydrogens (tertiary/aromatic N) is 1. The van der Waals surface area contributed by atoms with E-state index >= 15 is 0 Å². The van der Waals surface area contributed by atoms with Crippen molar-refractivity contribution in [2.45, 2.75) is 18.9 Å². The zero-order valence-electron chi connectivity index (χ0n) is 12.6. The Morgan fingerprint density at radius 3 is 2.54 bits per heavy atom. The molecule has 0 aliphatic rings. The summed E-state index contributed by atoms with van der Waals surface area (Å²) < 4.78 is 18.2. The van der Waals surface area contributed by atoms with Crippen molar-refractivity contribution in [1.29, 1.82) is 0 Å². The van der Waals surface area contributed by atoms with Crippen molar-refractivity contribution in [2.24, 2.45) is 5.73 Å². The van der Waals surface area contributed by atoms with Gasteiger partial charge in [0.05, 0.1) is 0 Å². The van der Waals surface area contributed by atoms with Gasteiger partial charge in [-0.3, -0.25) is 10.0 Å². The lowest BCUT2D eigenvalue weighted by Crippen LogP contribution is -2.41. The number of nitrogens with two attached hydrogens (primary N) is 1. The first-order valence-electron chi connectivity index (χ1n) is 7.00. The van der Waals surface area contributed by atoms with Gasteiger partial charge in [0.15, 0.2) is 5.76 Å². The van der Waals surface area contributed by atoms with Crippen LogP contribution in [0.4, 0.5) is 9.18 Å². The Morgan fingerprint density at radius 2 is 1.96 bits per heavy atom. The first kappa shape index (κ1) is 17.2. The minimum atomic E-state index is -1.09. The summed E-state index contributed by atoms with van der Waals surface area (Å²) in [6, 6.07) is 6.48. The number of furan rings is 1. The second kappa shape index (κ2) is 7.44. The molecule has 0 saturated heterocycles. The molecule has 6 nitrogen and oxygen atoms in total. The van der Waals surface area contributed by atoms with E-state index in [1.54, 1.807) is 0 Å². The predicted octanol–water partition coefficient (Wildman–Crippen LogP) is 2.16. The highest BCUT2D eigenvalue weighted by Gasteiger charge is 2.21. The average molecular weight is 330 g/mol. The molecule has 1 aromatic heterocycles. The Bertz CT molecular complexity index is 777. The van der Waals surface area contributed by atoms with Crippen LogP contribution in [0.15, 0.2) is 40.8 Å². The van der Waals surface area contributed by atoms with Crippen LogP contribution in [-0.4, -0.2) is 28.1 Å². The molecule has 3 N–H and O–H groups in total. The SMILES string of the molecule is C#CC(Cc1ccc(C(=O)Cc2ccc(F)cc2)o1)N(O)C(N)=O. The van der Waals surface area contributed by atoms with Crippen LogP contribution in [-0.2, 0) is 12.8 Å². The predicted molar refractivity (Wildman–Crippen MR) is 82.7 cm³/mol. The van der Waals surface area contributed by atoms with Crippen LogP contribution in [0.1, 0.15) is 21.9 Å². The van der Waals surface area contributed by atoms with Crippen LogP contribution in [0, 0.1) is 18.2 Å². The molecule has 2 rings (SSSR count). The van der Waals surface area contributed by atoms with E-state index in [0.717, 1.165) is 0 Å². The number of hydrogen-bond acceptors (Lipinski definition) is 4. The number of ketones is 1. The maximum absolute atomic E-state index is 12.9. The van der Waals surface area contributed by atoms with E-state index in [0.29, 0.717) is 11.3 Å². The summed E-state index contributed by atoms with van der Waals surface area (Å²) in [6.45, 7) is 0.